The predicted octanol–water partition coefficient (Wildman–Crippen LogP) is 5.52. The Bertz CT molecular complexity index is 1040. The molecule has 2 rings (SSSR count). The Hall–Kier alpha value is -3.14. The summed E-state index contributed by atoms with van der Waals surface area (Å²) in [6.07, 6.45) is 25.9. The first-order valence-corrected chi connectivity index (χ1v) is 13.9. The lowest BCUT2D eigenvalue weighted by atomic mass is 9.87. The highest BCUT2D eigenvalue weighted by Crippen LogP contribution is 2.28. The Morgan fingerprint density at radius 3 is 2.79 bits per heavy atom. The Labute approximate surface area is 234 Å². The summed E-state index contributed by atoms with van der Waals surface area (Å²) in [5, 5.41) is 13.7. The number of amides is 1. The SMILES string of the molecule is C#CCCC(=O)NC(/C=C/C=C(\C)C[C@@H](C)/C=C(C)\C=C\[C@H]1CC=CC(=O)O1)[C@@H]1C[C@@H](O)[C@H](C)[C@H](/C=C/C)O1. The van der Waals surface area contributed by atoms with Crippen molar-refractivity contribution in [1.29, 1.82) is 0 Å². The van der Waals surface area contributed by atoms with E-state index in [-0.39, 0.29) is 48.6 Å². The van der Waals surface area contributed by atoms with Gasteiger partial charge in [-0.25, -0.2) is 4.79 Å². The third-order valence-corrected chi connectivity index (χ3v) is 6.89. The monoisotopic (exact) mass is 535 g/mol. The first-order valence-electron chi connectivity index (χ1n) is 13.9. The van der Waals surface area contributed by atoms with E-state index in [0.29, 0.717) is 25.2 Å². The number of ether oxygens (including phenoxy) is 2. The lowest BCUT2D eigenvalue weighted by Gasteiger charge is -2.39. The molecule has 0 radical (unpaired) electrons. The van der Waals surface area contributed by atoms with Crippen LogP contribution in [0, 0.1) is 24.2 Å². The quantitative estimate of drug-likeness (QED) is 0.149. The van der Waals surface area contributed by atoms with Crippen LogP contribution in [0.4, 0.5) is 0 Å². The van der Waals surface area contributed by atoms with E-state index < -0.39 is 6.10 Å². The number of carbonyl (C=O) groups excluding carboxylic acids is 2. The molecule has 7 atom stereocenters. The molecule has 0 bridgehead atoms. The zero-order valence-corrected chi connectivity index (χ0v) is 24.0. The van der Waals surface area contributed by atoms with Gasteiger partial charge in [-0.05, 0) is 39.2 Å². The Balaban J connectivity index is 2.04. The molecule has 0 aliphatic carbocycles. The molecule has 6 heteroatoms. The summed E-state index contributed by atoms with van der Waals surface area (Å²) in [5.41, 5.74) is 2.31. The van der Waals surface area contributed by atoms with Crippen molar-refractivity contribution in [2.24, 2.45) is 11.8 Å². The number of cyclic esters (lactones) is 1. The van der Waals surface area contributed by atoms with Crippen LogP contribution in [0.15, 0.2) is 71.9 Å². The molecule has 1 amide bonds. The second-order valence-electron chi connectivity index (χ2n) is 10.6. The maximum Gasteiger partial charge on any atom is 0.331 e. The normalized spacial score (nSPS) is 28.0. The van der Waals surface area contributed by atoms with E-state index >= 15 is 0 Å². The lowest BCUT2D eigenvalue weighted by molar-refractivity contribution is -0.141. The van der Waals surface area contributed by atoms with Gasteiger partial charge in [-0.15, -0.1) is 12.3 Å². The zero-order chi connectivity index (χ0) is 28.8. The number of hydrogen-bond donors (Lipinski definition) is 2. The van der Waals surface area contributed by atoms with Gasteiger partial charge in [0, 0.05) is 37.7 Å². The van der Waals surface area contributed by atoms with Crippen LogP contribution >= 0.6 is 0 Å². The molecule has 1 unspecified atom stereocenters. The van der Waals surface area contributed by atoms with Crippen LogP contribution in [0.1, 0.15) is 66.7 Å². The summed E-state index contributed by atoms with van der Waals surface area (Å²) >= 11 is 0. The van der Waals surface area contributed by atoms with Crippen molar-refractivity contribution in [3.8, 4) is 12.3 Å². The molecule has 1 saturated heterocycles. The number of terminal acetylenes is 1. The standard InChI is InChI=1S/C33H45NO5/c1-7-9-16-32(36)34-28(31-22-29(35)26(6)30(39-31)12-8-2)15-10-13-23(3)20-25(5)21-24(4)18-19-27-14-11-17-33(37)38-27/h1,8,10-13,15,17-19,21,25-31,35H,9,14,16,20,22H2,2-6H3,(H,34,36)/b12-8+,15-10+,19-18+,23-13+,24-21-/t25-,26+,27-,28?,29-,30+,31+/m1/s1. The van der Waals surface area contributed by atoms with E-state index in [1.165, 1.54) is 11.6 Å². The molecular formula is C33H45NO5. The van der Waals surface area contributed by atoms with Crippen LogP contribution in [0.25, 0.3) is 0 Å². The third kappa shape index (κ3) is 11.6. The van der Waals surface area contributed by atoms with Crippen LogP contribution < -0.4 is 5.32 Å². The molecule has 39 heavy (non-hydrogen) atoms. The smallest absolute Gasteiger partial charge is 0.331 e. The highest BCUT2D eigenvalue weighted by atomic mass is 16.5. The van der Waals surface area contributed by atoms with Crippen LogP contribution in [0.5, 0.6) is 0 Å². The van der Waals surface area contributed by atoms with Gasteiger partial charge in [-0.2, -0.15) is 0 Å². The van der Waals surface area contributed by atoms with Gasteiger partial charge in [-0.1, -0.05) is 73.6 Å². The average Bonchev–Trinajstić information content (AvgIpc) is 2.88. The fraction of sp³-hybridized carbons (Fsp3) is 0.515. The third-order valence-electron chi connectivity index (χ3n) is 6.89. The average molecular weight is 536 g/mol. The van der Waals surface area contributed by atoms with Crippen molar-refractivity contribution in [2.45, 2.75) is 97.2 Å². The summed E-state index contributed by atoms with van der Waals surface area (Å²) in [6, 6.07) is -0.386. The van der Waals surface area contributed by atoms with Gasteiger partial charge in [0.25, 0.3) is 0 Å². The van der Waals surface area contributed by atoms with Crippen molar-refractivity contribution in [3.05, 3.63) is 71.9 Å². The molecule has 2 heterocycles. The van der Waals surface area contributed by atoms with E-state index in [0.717, 1.165) is 12.0 Å². The molecule has 0 aromatic heterocycles. The van der Waals surface area contributed by atoms with Crippen LogP contribution in [0.3, 0.4) is 0 Å². The number of aliphatic hydroxyl groups excluding tert-OH is 1. The number of hydrogen-bond acceptors (Lipinski definition) is 5. The van der Waals surface area contributed by atoms with Gasteiger partial charge in [0.1, 0.15) is 6.10 Å². The minimum absolute atomic E-state index is 0.0243. The molecule has 2 aliphatic rings. The summed E-state index contributed by atoms with van der Waals surface area (Å²) in [4.78, 5) is 23.9. The number of rotatable bonds is 12. The molecule has 0 spiro atoms. The Morgan fingerprint density at radius 2 is 2.10 bits per heavy atom. The van der Waals surface area contributed by atoms with Crippen LogP contribution in [-0.4, -0.2) is 47.4 Å². The predicted molar refractivity (Wildman–Crippen MR) is 156 cm³/mol. The van der Waals surface area contributed by atoms with Gasteiger partial charge in [0.2, 0.25) is 5.91 Å². The lowest BCUT2D eigenvalue weighted by Crippen LogP contribution is -2.51. The zero-order valence-electron chi connectivity index (χ0n) is 24.0. The number of carbonyl (C=O) groups is 2. The highest BCUT2D eigenvalue weighted by Gasteiger charge is 2.37. The number of nitrogens with one attached hydrogen (secondary N) is 1. The molecule has 2 N–H and O–H groups in total. The van der Waals surface area contributed by atoms with Crippen molar-refractivity contribution in [1.82, 2.24) is 5.32 Å². The molecule has 6 nitrogen and oxygen atoms in total. The summed E-state index contributed by atoms with van der Waals surface area (Å²) in [6.45, 7) is 10.2. The van der Waals surface area contributed by atoms with Gasteiger partial charge in [-0.3, -0.25) is 4.79 Å². The Kier molecular flexibility index (Phi) is 13.8. The summed E-state index contributed by atoms with van der Waals surface area (Å²) < 4.78 is 11.6. The summed E-state index contributed by atoms with van der Waals surface area (Å²) in [7, 11) is 0. The molecule has 2 aliphatic heterocycles. The van der Waals surface area contributed by atoms with Gasteiger partial charge >= 0.3 is 5.97 Å². The molecule has 1 fully saturated rings. The van der Waals surface area contributed by atoms with Crippen LogP contribution in [-0.2, 0) is 19.1 Å². The topological polar surface area (TPSA) is 84.9 Å². The fourth-order valence-electron chi connectivity index (χ4n) is 4.79. The van der Waals surface area contributed by atoms with Crippen molar-refractivity contribution in [2.75, 3.05) is 0 Å². The minimum Gasteiger partial charge on any atom is -0.455 e. The van der Waals surface area contributed by atoms with E-state index in [9.17, 15) is 14.7 Å². The molecular weight excluding hydrogens is 490 g/mol. The molecule has 0 aromatic rings. The second-order valence-corrected chi connectivity index (χ2v) is 10.6. The Morgan fingerprint density at radius 1 is 1.33 bits per heavy atom. The van der Waals surface area contributed by atoms with Gasteiger partial charge in [0.05, 0.1) is 24.4 Å². The van der Waals surface area contributed by atoms with Crippen molar-refractivity contribution in [3.63, 3.8) is 0 Å². The van der Waals surface area contributed by atoms with Crippen molar-refractivity contribution < 1.29 is 24.2 Å². The molecule has 0 aromatic carbocycles. The fourth-order valence-corrected chi connectivity index (χ4v) is 4.79. The maximum absolute atomic E-state index is 12.5. The largest absolute Gasteiger partial charge is 0.455 e. The number of aliphatic hydroxyl groups is 1. The molecule has 0 saturated carbocycles. The van der Waals surface area contributed by atoms with E-state index in [4.69, 9.17) is 15.9 Å². The minimum atomic E-state index is -0.521. The van der Waals surface area contributed by atoms with Gasteiger partial charge in [0.15, 0.2) is 0 Å². The highest BCUT2D eigenvalue weighted by molar-refractivity contribution is 5.83. The van der Waals surface area contributed by atoms with E-state index in [1.807, 2.05) is 63.3 Å². The van der Waals surface area contributed by atoms with Gasteiger partial charge < -0.3 is 19.9 Å². The van der Waals surface area contributed by atoms with E-state index in [2.05, 4.69) is 37.2 Å². The van der Waals surface area contributed by atoms with E-state index in [1.54, 1.807) is 0 Å². The first kappa shape index (κ1) is 32.1. The van der Waals surface area contributed by atoms with Crippen LogP contribution in [0.2, 0.25) is 0 Å². The summed E-state index contributed by atoms with van der Waals surface area (Å²) in [5.74, 6) is 2.36. The van der Waals surface area contributed by atoms with Crippen molar-refractivity contribution >= 4 is 11.9 Å². The first-order chi connectivity index (χ1) is 18.6. The number of allylic oxidation sites excluding steroid dienone is 7. The molecule has 212 valence electrons. The second kappa shape index (κ2) is 16.7. The number of esters is 1. The maximum atomic E-state index is 12.5.